The van der Waals surface area contributed by atoms with Gasteiger partial charge in [-0.25, -0.2) is 24.3 Å². The highest BCUT2D eigenvalue weighted by Crippen LogP contribution is 2.32. The number of halogens is 2. The SMILES string of the molecule is CC(N(N)C(=S)Nc1ccc(O)cc1)C(O)(Cn1cncn1)c1ccc(F)cc1F. The lowest BCUT2D eigenvalue weighted by molar-refractivity contribution is -0.0457. The zero-order valence-corrected chi connectivity index (χ0v) is 16.7. The summed E-state index contributed by atoms with van der Waals surface area (Å²) in [5.74, 6) is 4.52. The number of nitrogens with one attached hydrogen (secondary N) is 1. The molecule has 11 heteroatoms. The third-order valence-corrected chi connectivity index (χ3v) is 5.04. The summed E-state index contributed by atoms with van der Waals surface area (Å²) in [6.07, 6.45) is 2.62. The molecule has 0 fully saturated rings. The summed E-state index contributed by atoms with van der Waals surface area (Å²) < 4.78 is 29.4. The number of aliphatic hydroxyl groups is 1. The number of hydrazine groups is 1. The fourth-order valence-corrected chi connectivity index (χ4v) is 3.26. The molecule has 0 aliphatic rings. The predicted molar refractivity (Wildman–Crippen MR) is 110 cm³/mol. The highest BCUT2D eigenvalue weighted by Gasteiger charge is 2.42. The smallest absolute Gasteiger partial charge is 0.188 e. The molecule has 0 radical (unpaired) electrons. The molecule has 2 atom stereocenters. The molecule has 1 aromatic heterocycles. The summed E-state index contributed by atoms with van der Waals surface area (Å²) in [4.78, 5) is 3.82. The van der Waals surface area contributed by atoms with Gasteiger partial charge in [0.1, 0.15) is 35.6 Å². The number of hydrogen-bond acceptors (Lipinski definition) is 6. The van der Waals surface area contributed by atoms with Crippen molar-refractivity contribution in [1.82, 2.24) is 19.8 Å². The van der Waals surface area contributed by atoms with Crippen molar-refractivity contribution in [3.05, 3.63) is 72.3 Å². The highest BCUT2D eigenvalue weighted by atomic mass is 32.1. The van der Waals surface area contributed by atoms with Crippen LogP contribution in [-0.4, -0.2) is 41.1 Å². The van der Waals surface area contributed by atoms with Gasteiger partial charge in [0.2, 0.25) is 0 Å². The van der Waals surface area contributed by atoms with E-state index in [1.54, 1.807) is 19.1 Å². The van der Waals surface area contributed by atoms with Crippen LogP contribution in [0.5, 0.6) is 5.75 Å². The minimum absolute atomic E-state index is 0.0349. The Morgan fingerprint density at radius 1 is 1.30 bits per heavy atom. The van der Waals surface area contributed by atoms with Gasteiger partial charge in [-0.1, -0.05) is 6.07 Å². The second-order valence-corrected chi connectivity index (χ2v) is 7.09. The number of nitrogens with zero attached hydrogens (tertiary/aromatic N) is 4. The Morgan fingerprint density at radius 3 is 2.60 bits per heavy atom. The minimum Gasteiger partial charge on any atom is -0.508 e. The Kier molecular flexibility index (Phi) is 6.25. The summed E-state index contributed by atoms with van der Waals surface area (Å²) in [6.45, 7) is 1.33. The molecule has 30 heavy (non-hydrogen) atoms. The number of aromatic hydroxyl groups is 1. The van der Waals surface area contributed by atoms with Gasteiger partial charge in [-0.05, 0) is 49.5 Å². The van der Waals surface area contributed by atoms with E-state index in [-0.39, 0.29) is 23.0 Å². The maximum absolute atomic E-state index is 14.6. The molecule has 0 aliphatic heterocycles. The van der Waals surface area contributed by atoms with Gasteiger partial charge in [0.05, 0.1) is 12.6 Å². The van der Waals surface area contributed by atoms with E-state index >= 15 is 0 Å². The van der Waals surface area contributed by atoms with Crippen molar-refractivity contribution in [3.63, 3.8) is 0 Å². The molecule has 158 valence electrons. The molecule has 5 N–H and O–H groups in total. The molecule has 2 aromatic carbocycles. The van der Waals surface area contributed by atoms with Crippen LogP contribution in [0.3, 0.4) is 0 Å². The molecule has 1 heterocycles. The zero-order chi connectivity index (χ0) is 21.9. The number of nitrogens with two attached hydrogens (primary N) is 1. The van der Waals surface area contributed by atoms with Crippen molar-refractivity contribution >= 4 is 23.0 Å². The van der Waals surface area contributed by atoms with E-state index in [9.17, 15) is 19.0 Å². The van der Waals surface area contributed by atoms with Gasteiger partial charge < -0.3 is 15.5 Å². The molecule has 3 aromatic rings. The van der Waals surface area contributed by atoms with Crippen LogP contribution in [0.2, 0.25) is 0 Å². The number of benzene rings is 2. The number of rotatable bonds is 6. The number of aromatic nitrogens is 3. The lowest BCUT2D eigenvalue weighted by Crippen LogP contribution is -2.57. The number of phenols is 1. The molecular weight excluding hydrogens is 414 g/mol. The molecule has 2 unspecified atom stereocenters. The standard InChI is InChI=1S/C19H20F2N6O2S/c1-12(27(22)18(30)25-14-3-5-15(28)6-4-14)19(29,9-26-11-23-10-24-26)16-7-2-13(20)8-17(16)21/h2-8,10-12,28-29H,9,22H2,1H3,(H,25,30). The number of phenolic OH excluding ortho intramolecular Hbond substituents is 1. The maximum Gasteiger partial charge on any atom is 0.188 e. The van der Waals surface area contributed by atoms with E-state index in [4.69, 9.17) is 18.1 Å². The van der Waals surface area contributed by atoms with Crippen molar-refractivity contribution in [2.24, 2.45) is 5.84 Å². The molecule has 0 spiro atoms. The van der Waals surface area contributed by atoms with E-state index in [2.05, 4.69) is 15.4 Å². The van der Waals surface area contributed by atoms with Crippen LogP contribution < -0.4 is 11.2 Å². The summed E-state index contributed by atoms with van der Waals surface area (Å²) >= 11 is 5.32. The van der Waals surface area contributed by atoms with E-state index in [0.29, 0.717) is 11.8 Å². The molecular formula is C19H20F2N6O2S. The van der Waals surface area contributed by atoms with Gasteiger partial charge in [0.15, 0.2) is 5.11 Å². The predicted octanol–water partition coefficient (Wildman–Crippen LogP) is 2.11. The second-order valence-electron chi connectivity index (χ2n) is 6.70. The lowest BCUT2D eigenvalue weighted by Gasteiger charge is -2.40. The van der Waals surface area contributed by atoms with Crippen molar-refractivity contribution < 1.29 is 19.0 Å². The van der Waals surface area contributed by atoms with Crippen LogP contribution >= 0.6 is 12.2 Å². The average Bonchev–Trinajstić information content (AvgIpc) is 3.21. The summed E-state index contributed by atoms with van der Waals surface area (Å²) in [7, 11) is 0. The number of anilines is 1. The van der Waals surface area contributed by atoms with Gasteiger partial charge in [-0.3, -0.25) is 5.01 Å². The summed E-state index contributed by atoms with van der Waals surface area (Å²) in [5, 5.41) is 28.8. The van der Waals surface area contributed by atoms with Gasteiger partial charge in [0.25, 0.3) is 0 Å². The second kappa shape index (κ2) is 8.69. The van der Waals surface area contributed by atoms with Gasteiger partial charge in [-0.15, -0.1) is 0 Å². The Bertz CT molecular complexity index is 1020. The first kappa shape index (κ1) is 21.6. The van der Waals surface area contributed by atoms with Crippen LogP contribution in [0.1, 0.15) is 12.5 Å². The topological polar surface area (TPSA) is 112 Å². The molecule has 0 saturated carbocycles. The normalized spacial score (nSPS) is 14.0. The van der Waals surface area contributed by atoms with E-state index in [0.717, 1.165) is 17.1 Å². The van der Waals surface area contributed by atoms with E-state index in [1.165, 1.54) is 29.5 Å². The number of hydrogen-bond donors (Lipinski definition) is 4. The van der Waals surface area contributed by atoms with Gasteiger partial charge in [0, 0.05) is 17.3 Å². The molecule has 0 saturated heterocycles. The van der Waals surface area contributed by atoms with Crippen molar-refractivity contribution in [3.8, 4) is 5.75 Å². The van der Waals surface area contributed by atoms with Crippen LogP contribution in [0.4, 0.5) is 14.5 Å². The Balaban J connectivity index is 1.91. The maximum atomic E-state index is 14.6. The third-order valence-electron chi connectivity index (χ3n) is 4.73. The Labute approximate surface area is 176 Å². The first-order valence-corrected chi connectivity index (χ1v) is 9.26. The highest BCUT2D eigenvalue weighted by molar-refractivity contribution is 7.80. The quantitative estimate of drug-likeness (QED) is 0.202. The summed E-state index contributed by atoms with van der Waals surface area (Å²) in [5.41, 5.74) is -1.57. The first-order valence-electron chi connectivity index (χ1n) is 8.85. The third kappa shape index (κ3) is 4.53. The van der Waals surface area contributed by atoms with E-state index < -0.39 is 23.3 Å². The van der Waals surface area contributed by atoms with Crippen molar-refractivity contribution in [1.29, 1.82) is 0 Å². The largest absolute Gasteiger partial charge is 0.508 e. The molecule has 3 rings (SSSR count). The fourth-order valence-electron chi connectivity index (χ4n) is 2.98. The number of thiocarbonyl (C=S) groups is 1. The average molecular weight is 434 g/mol. The first-order chi connectivity index (χ1) is 14.2. The lowest BCUT2D eigenvalue weighted by atomic mass is 9.86. The molecule has 0 amide bonds. The molecule has 0 bridgehead atoms. The van der Waals surface area contributed by atoms with Crippen LogP contribution in [0.15, 0.2) is 55.1 Å². The Morgan fingerprint density at radius 2 is 2.00 bits per heavy atom. The summed E-state index contributed by atoms with van der Waals surface area (Å²) in [6, 6.07) is 8.01. The van der Waals surface area contributed by atoms with Crippen LogP contribution in [0.25, 0.3) is 0 Å². The van der Waals surface area contributed by atoms with Crippen molar-refractivity contribution in [2.45, 2.75) is 25.1 Å². The van der Waals surface area contributed by atoms with Crippen LogP contribution in [0, 0.1) is 11.6 Å². The van der Waals surface area contributed by atoms with Gasteiger partial charge >= 0.3 is 0 Å². The van der Waals surface area contributed by atoms with Gasteiger partial charge in [-0.2, -0.15) is 5.10 Å². The molecule has 0 aliphatic carbocycles. The van der Waals surface area contributed by atoms with Crippen molar-refractivity contribution in [2.75, 3.05) is 5.32 Å². The Hall–Kier alpha value is -3.15. The van der Waals surface area contributed by atoms with Crippen LogP contribution in [-0.2, 0) is 12.1 Å². The fraction of sp³-hybridized carbons (Fsp3) is 0.211. The minimum atomic E-state index is -1.94. The zero-order valence-electron chi connectivity index (χ0n) is 15.9. The monoisotopic (exact) mass is 434 g/mol. The van der Waals surface area contributed by atoms with E-state index in [1.807, 2.05) is 0 Å². The molecule has 8 nitrogen and oxygen atoms in total.